The number of para-hydroxylation sites is 1. The van der Waals surface area contributed by atoms with Gasteiger partial charge in [0.25, 0.3) is 5.91 Å². The summed E-state index contributed by atoms with van der Waals surface area (Å²) in [4.78, 5) is 31.4. The highest BCUT2D eigenvalue weighted by Gasteiger charge is 2.16. The van der Waals surface area contributed by atoms with Gasteiger partial charge in [-0.25, -0.2) is 5.10 Å². The molecule has 1 aliphatic heterocycles. The number of piperidine rings is 1. The van der Waals surface area contributed by atoms with Crippen molar-refractivity contribution < 1.29 is 14.0 Å². The van der Waals surface area contributed by atoms with Gasteiger partial charge >= 0.3 is 0 Å². The molecule has 5 rings (SSSR count). The number of hydrogen-bond acceptors (Lipinski definition) is 6. The molecule has 3 N–H and O–H groups in total. The Hall–Kier alpha value is -4.14. The van der Waals surface area contributed by atoms with E-state index in [4.69, 9.17) is 4.42 Å². The lowest BCUT2D eigenvalue weighted by Gasteiger charge is -2.24. The van der Waals surface area contributed by atoms with Gasteiger partial charge < -0.3 is 14.6 Å². The van der Waals surface area contributed by atoms with Gasteiger partial charge in [0, 0.05) is 24.2 Å². The van der Waals surface area contributed by atoms with Crippen molar-refractivity contribution in [3.63, 3.8) is 0 Å². The van der Waals surface area contributed by atoms with Crippen molar-refractivity contribution in [2.24, 2.45) is 0 Å². The molecule has 0 spiro atoms. The zero-order chi connectivity index (χ0) is 22.6. The van der Waals surface area contributed by atoms with Crippen LogP contribution in [0.3, 0.4) is 0 Å². The van der Waals surface area contributed by atoms with Crippen LogP contribution in [-0.2, 0) is 11.2 Å². The Labute approximate surface area is 190 Å². The van der Waals surface area contributed by atoms with Gasteiger partial charge in [-0.15, -0.1) is 5.10 Å². The molecule has 9 heteroatoms. The second kappa shape index (κ2) is 9.15. The number of furan rings is 1. The van der Waals surface area contributed by atoms with Crippen LogP contribution in [0.2, 0.25) is 0 Å². The van der Waals surface area contributed by atoms with Gasteiger partial charge in [-0.2, -0.15) is 4.98 Å². The Kier molecular flexibility index (Phi) is 5.75. The highest BCUT2D eigenvalue weighted by molar-refractivity contribution is 6.04. The normalized spacial score (nSPS) is 13.8. The molecule has 1 saturated heterocycles. The summed E-state index contributed by atoms with van der Waals surface area (Å²) in [5.74, 6) is 0.683. The molecule has 4 aromatic rings. The minimum absolute atomic E-state index is 0.178. The van der Waals surface area contributed by atoms with Crippen LogP contribution in [0.5, 0.6) is 0 Å². The van der Waals surface area contributed by atoms with E-state index < -0.39 is 0 Å². The number of rotatable bonds is 6. The van der Waals surface area contributed by atoms with Gasteiger partial charge in [0.1, 0.15) is 5.58 Å². The van der Waals surface area contributed by atoms with Gasteiger partial charge in [-0.1, -0.05) is 30.3 Å². The maximum Gasteiger partial charge on any atom is 0.291 e. The summed E-state index contributed by atoms with van der Waals surface area (Å²) in [5.41, 5.74) is 2.09. The number of carbonyl (C=O) groups is 2. The number of benzene rings is 2. The van der Waals surface area contributed by atoms with Gasteiger partial charge in [0.15, 0.2) is 5.76 Å². The number of aromatic amines is 1. The lowest BCUT2D eigenvalue weighted by molar-refractivity contribution is -0.115. The molecular formula is C24H24N6O3. The zero-order valence-electron chi connectivity index (χ0n) is 18.0. The van der Waals surface area contributed by atoms with Crippen molar-refractivity contribution in [3.8, 4) is 0 Å². The van der Waals surface area contributed by atoms with Gasteiger partial charge in [0.05, 0.1) is 6.42 Å². The minimum Gasteiger partial charge on any atom is -0.451 e. The van der Waals surface area contributed by atoms with Crippen LogP contribution < -0.4 is 15.5 Å². The van der Waals surface area contributed by atoms with E-state index in [-0.39, 0.29) is 24.0 Å². The fraction of sp³-hybridized carbons (Fsp3) is 0.250. The Morgan fingerprint density at radius 2 is 1.79 bits per heavy atom. The van der Waals surface area contributed by atoms with E-state index in [1.54, 1.807) is 30.3 Å². The van der Waals surface area contributed by atoms with Crippen LogP contribution in [0.4, 0.5) is 17.6 Å². The van der Waals surface area contributed by atoms with Crippen LogP contribution in [0.1, 0.15) is 35.4 Å². The number of anilines is 3. The number of aromatic nitrogens is 3. The fourth-order valence-corrected chi connectivity index (χ4v) is 3.90. The summed E-state index contributed by atoms with van der Waals surface area (Å²) in [6.45, 7) is 1.87. The predicted octanol–water partition coefficient (Wildman–Crippen LogP) is 3.97. The van der Waals surface area contributed by atoms with Crippen LogP contribution in [0.25, 0.3) is 11.0 Å². The first-order valence-corrected chi connectivity index (χ1v) is 11.0. The third-order valence-electron chi connectivity index (χ3n) is 5.60. The summed E-state index contributed by atoms with van der Waals surface area (Å²) in [5, 5.41) is 13.4. The first-order chi connectivity index (χ1) is 16.1. The maximum atomic E-state index is 12.5. The molecule has 0 atom stereocenters. The van der Waals surface area contributed by atoms with Crippen molar-refractivity contribution in [1.82, 2.24) is 15.2 Å². The van der Waals surface area contributed by atoms with Crippen molar-refractivity contribution >= 4 is 40.4 Å². The van der Waals surface area contributed by atoms with Crippen LogP contribution in [0, 0.1) is 0 Å². The van der Waals surface area contributed by atoms with Crippen LogP contribution in [-0.4, -0.2) is 40.1 Å². The number of amides is 2. The SMILES string of the molecule is O=C(Cc1ccc(NC(=O)c2cc3ccccc3o2)cc1)Nc1nc(N2CCCCC2)n[nH]1. The highest BCUT2D eigenvalue weighted by atomic mass is 16.3. The number of nitrogens with one attached hydrogen (secondary N) is 3. The van der Waals surface area contributed by atoms with E-state index in [2.05, 4.69) is 30.7 Å². The van der Waals surface area contributed by atoms with E-state index in [0.717, 1.165) is 36.9 Å². The monoisotopic (exact) mass is 444 g/mol. The summed E-state index contributed by atoms with van der Waals surface area (Å²) in [6, 6.07) is 16.3. The molecule has 168 valence electrons. The third kappa shape index (κ3) is 4.87. The van der Waals surface area contributed by atoms with Gasteiger partial charge in [0.2, 0.25) is 17.8 Å². The molecule has 9 nitrogen and oxygen atoms in total. The number of fused-ring (bicyclic) bond motifs is 1. The quantitative estimate of drug-likeness (QED) is 0.414. The van der Waals surface area contributed by atoms with Crippen LogP contribution >= 0.6 is 0 Å². The Morgan fingerprint density at radius 3 is 2.58 bits per heavy atom. The molecule has 33 heavy (non-hydrogen) atoms. The molecule has 3 heterocycles. The summed E-state index contributed by atoms with van der Waals surface area (Å²) in [6.07, 6.45) is 3.67. The second-order valence-corrected chi connectivity index (χ2v) is 8.06. The molecular weight excluding hydrogens is 420 g/mol. The maximum absolute atomic E-state index is 12.5. The van der Waals surface area contributed by atoms with Crippen molar-refractivity contribution in [1.29, 1.82) is 0 Å². The summed E-state index contributed by atoms with van der Waals surface area (Å²) < 4.78 is 5.59. The average molecular weight is 444 g/mol. The number of nitrogens with zero attached hydrogens (tertiary/aromatic N) is 3. The lowest BCUT2D eigenvalue weighted by Crippen LogP contribution is -2.30. The lowest BCUT2D eigenvalue weighted by atomic mass is 10.1. The van der Waals surface area contributed by atoms with E-state index in [9.17, 15) is 9.59 Å². The van der Waals surface area contributed by atoms with E-state index in [1.807, 2.05) is 24.3 Å². The fourth-order valence-electron chi connectivity index (χ4n) is 3.90. The molecule has 1 fully saturated rings. The Balaban J connectivity index is 1.15. The third-order valence-corrected chi connectivity index (χ3v) is 5.60. The molecule has 0 aliphatic carbocycles. The zero-order valence-corrected chi connectivity index (χ0v) is 18.0. The van der Waals surface area contributed by atoms with Crippen molar-refractivity contribution in [2.75, 3.05) is 28.6 Å². The van der Waals surface area contributed by atoms with E-state index >= 15 is 0 Å². The molecule has 1 aliphatic rings. The van der Waals surface area contributed by atoms with Crippen molar-refractivity contribution in [2.45, 2.75) is 25.7 Å². The summed E-state index contributed by atoms with van der Waals surface area (Å²) in [7, 11) is 0. The molecule has 0 saturated carbocycles. The standard InChI is InChI=1S/C24H24N6O3/c31-21(26-23-27-24(29-28-23)30-12-4-1-5-13-30)14-16-8-10-18(11-9-16)25-22(32)20-15-17-6-2-3-7-19(17)33-20/h2-3,6-11,15H,1,4-5,12-14H2,(H,25,32)(H2,26,27,28,29,31). The number of H-pyrrole nitrogens is 1. The predicted molar refractivity (Wildman–Crippen MR) is 125 cm³/mol. The van der Waals surface area contributed by atoms with E-state index in [1.165, 1.54) is 6.42 Å². The smallest absolute Gasteiger partial charge is 0.291 e. The number of hydrogen-bond donors (Lipinski definition) is 3. The largest absolute Gasteiger partial charge is 0.451 e. The number of carbonyl (C=O) groups excluding carboxylic acids is 2. The highest BCUT2D eigenvalue weighted by Crippen LogP contribution is 2.20. The summed E-state index contributed by atoms with van der Waals surface area (Å²) >= 11 is 0. The molecule has 2 amide bonds. The average Bonchev–Trinajstić information content (AvgIpc) is 3.48. The molecule has 0 bridgehead atoms. The first kappa shape index (κ1) is 20.7. The minimum atomic E-state index is -0.327. The van der Waals surface area contributed by atoms with Crippen LogP contribution in [0.15, 0.2) is 59.0 Å². The molecule has 2 aromatic heterocycles. The molecule has 0 radical (unpaired) electrons. The molecule has 2 aromatic carbocycles. The Morgan fingerprint density at radius 1 is 1.00 bits per heavy atom. The first-order valence-electron chi connectivity index (χ1n) is 11.0. The second-order valence-electron chi connectivity index (χ2n) is 8.06. The molecule has 0 unspecified atom stereocenters. The topological polar surface area (TPSA) is 116 Å². The van der Waals surface area contributed by atoms with E-state index in [0.29, 0.717) is 23.2 Å². The Bertz CT molecular complexity index is 1240. The van der Waals surface area contributed by atoms with Gasteiger partial charge in [-0.05, 0) is 49.1 Å². The van der Waals surface area contributed by atoms with Crippen molar-refractivity contribution in [3.05, 3.63) is 65.9 Å². The van der Waals surface area contributed by atoms with Gasteiger partial charge in [-0.3, -0.25) is 14.9 Å².